The number of unbranched alkanes of at least 4 members (excludes halogenated alkanes) is 1. The molecule has 2 aromatic carbocycles. The monoisotopic (exact) mass is 635 g/mol. The number of carbonyl (C=O) groups excluding carboxylic acids is 2. The Labute approximate surface area is 265 Å². The van der Waals surface area contributed by atoms with Gasteiger partial charge in [0.1, 0.15) is 29.8 Å². The summed E-state index contributed by atoms with van der Waals surface area (Å²) in [6.45, 7) is 4.82. The van der Waals surface area contributed by atoms with Crippen LogP contribution in [-0.2, 0) is 22.7 Å². The van der Waals surface area contributed by atoms with Crippen molar-refractivity contribution in [1.82, 2.24) is 15.1 Å². The summed E-state index contributed by atoms with van der Waals surface area (Å²) in [5.41, 5.74) is -0.267. The van der Waals surface area contributed by atoms with Gasteiger partial charge in [0.15, 0.2) is 0 Å². The van der Waals surface area contributed by atoms with Gasteiger partial charge in [0.2, 0.25) is 11.8 Å². The van der Waals surface area contributed by atoms with Crippen molar-refractivity contribution in [1.29, 1.82) is 0 Å². The Morgan fingerprint density at radius 3 is 2.40 bits per heavy atom. The smallest absolute Gasteiger partial charge is 0.246 e. The van der Waals surface area contributed by atoms with Gasteiger partial charge in [0.25, 0.3) is 0 Å². The van der Waals surface area contributed by atoms with Gasteiger partial charge in [-0.25, -0.2) is 4.39 Å². The van der Waals surface area contributed by atoms with Crippen molar-refractivity contribution >= 4 is 35.8 Å². The average Bonchev–Trinajstić information content (AvgIpc) is 2.98. The van der Waals surface area contributed by atoms with Gasteiger partial charge >= 0.3 is 0 Å². The topological polar surface area (TPSA) is 82.1 Å². The number of benzene rings is 2. The lowest BCUT2D eigenvalue weighted by atomic mass is 9.77. The van der Waals surface area contributed by atoms with Crippen LogP contribution in [-0.4, -0.2) is 63.5 Å². The van der Waals surface area contributed by atoms with Gasteiger partial charge in [-0.1, -0.05) is 62.4 Å². The van der Waals surface area contributed by atoms with Gasteiger partial charge in [-0.3, -0.25) is 14.5 Å². The highest BCUT2D eigenvalue weighted by Crippen LogP contribution is 2.37. The molecule has 7 nitrogen and oxygen atoms in total. The summed E-state index contributed by atoms with van der Waals surface area (Å²) in [7, 11) is 0. The van der Waals surface area contributed by atoms with Gasteiger partial charge in [-0.15, -0.1) is 12.4 Å². The fraction of sp³-hybridized carbons (Fsp3) is 0.576. The maximum Gasteiger partial charge on any atom is 0.246 e. The number of nitrogens with zero attached hydrogens (tertiary/aromatic N) is 2. The molecule has 236 valence electrons. The van der Waals surface area contributed by atoms with Crippen LogP contribution in [0.4, 0.5) is 4.39 Å². The van der Waals surface area contributed by atoms with Crippen LogP contribution in [0.2, 0.25) is 5.02 Å². The average molecular weight is 637 g/mol. The molecule has 0 bridgehead atoms. The highest BCUT2D eigenvalue weighted by molar-refractivity contribution is 6.31. The molecule has 1 saturated carbocycles. The van der Waals surface area contributed by atoms with Crippen molar-refractivity contribution in [3.63, 3.8) is 0 Å². The summed E-state index contributed by atoms with van der Waals surface area (Å²) in [6, 6.07) is 11.7. The minimum absolute atomic E-state index is 0. The van der Waals surface area contributed by atoms with Crippen molar-refractivity contribution in [2.24, 2.45) is 0 Å². The first-order valence-corrected chi connectivity index (χ1v) is 15.8. The molecule has 1 aliphatic carbocycles. The Morgan fingerprint density at radius 1 is 1.05 bits per heavy atom. The van der Waals surface area contributed by atoms with Crippen LogP contribution in [0, 0.1) is 5.82 Å². The summed E-state index contributed by atoms with van der Waals surface area (Å²) in [4.78, 5) is 31.7. The predicted molar refractivity (Wildman–Crippen MR) is 168 cm³/mol. The van der Waals surface area contributed by atoms with Gasteiger partial charge in [-0.05, 0) is 61.9 Å². The third-order valence-corrected chi connectivity index (χ3v) is 9.72. The minimum atomic E-state index is -0.873. The molecule has 2 aliphatic heterocycles. The third kappa shape index (κ3) is 7.64. The number of carbonyl (C=O) groups is 2. The second kappa shape index (κ2) is 14.6. The van der Waals surface area contributed by atoms with E-state index >= 15 is 0 Å². The van der Waals surface area contributed by atoms with Crippen molar-refractivity contribution < 1.29 is 23.8 Å². The van der Waals surface area contributed by atoms with E-state index < -0.39 is 17.2 Å². The minimum Gasteiger partial charge on any atom is -0.489 e. The van der Waals surface area contributed by atoms with E-state index in [1.807, 2.05) is 29.2 Å². The molecule has 2 N–H and O–H groups in total. The van der Waals surface area contributed by atoms with E-state index in [-0.39, 0.29) is 36.6 Å². The van der Waals surface area contributed by atoms with Gasteiger partial charge in [-0.2, -0.15) is 0 Å². The zero-order valence-electron chi connectivity index (χ0n) is 25.0. The van der Waals surface area contributed by atoms with E-state index in [4.69, 9.17) is 16.3 Å². The zero-order chi connectivity index (χ0) is 29.7. The lowest BCUT2D eigenvalue weighted by Gasteiger charge is -2.52. The standard InChI is InChI=1S/C33H43ClFN3O4.ClH/c1-2-3-18-38-30(39)29(21-32(41)14-5-4-6-15-32)36-31(40)33(38)16-19-37(20-17-33)22-24-10-12-25(13-11-24)42-23-26-27(34)8-7-9-28(26)35;/h7-13,29,41H,2-6,14-23H2,1H3,(H,36,40);1H/t29-;/m1./s1. The Bertz CT molecular complexity index is 1230. The van der Waals surface area contributed by atoms with Crippen LogP contribution in [0.25, 0.3) is 0 Å². The third-order valence-electron chi connectivity index (χ3n) is 9.37. The molecule has 1 spiro atoms. The molecule has 0 aromatic heterocycles. The Morgan fingerprint density at radius 2 is 1.74 bits per heavy atom. The van der Waals surface area contributed by atoms with Gasteiger partial charge < -0.3 is 20.1 Å². The molecule has 0 radical (unpaired) electrons. The maximum atomic E-state index is 14.0. The van der Waals surface area contributed by atoms with Crippen LogP contribution < -0.4 is 10.1 Å². The predicted octanol–water partition coefficient (Wildman–Crippen LogP) is 6.03. The van der Waals surface area contributed by atoms with E-state index in [1.165, 1.54) is 6.07 Å². The number of piperidine rings is 1. The zero-order valence-corrected chi connectivity index (χ0v) is 26.5. The number of likely N-dealkylation sites (tertiary alicyclic amines) is 1. The van der Waals surface area contributed by atoms with Gasteiger partial charge in [0, 0.05) is 38.2 Å². The summed E-state index contributed by atoms with van der Waals surface area (Å²) < 4.78 is 19.8. The lowest BCUT2D eigenvalue weighted by Crippen LogP contribution is -2.73. The van der Waals surface area contributed by atoms with Crippen molar-refractivity contribution in [2.75, 3.05) is 19.6 Å². The first-order valence-electron chi connectivity index (χ1n) is 15.4. The number of hydrogen-bond acceptors (Lipinski definition) is 5. The highest BCUT2D eigenvalue weighted by atomic mass is 35.5. The second-order valence-corrected chi connectivity index (χ2v) is 12.7. The number of rotatable bonds is 10. The first-order chi connectivity index (χ1) is 20.2. The quantitative estimate of drug-likeness (QED) is 0.333. The molecular weight excluding hydrogens is 592 g/mol. The van der Waals surface area contributed by atoms with Crippen LogP contribution in [0.15, 0.2) is 42.5 Å². The van der Waals surface area contributed by atoms with Crippen molar-refractivity contribution in [3.05, 3.63) is 64.4 Å². The van der Waals surface area contributed by atoms with Crippen molar-refractivity contribution in [2.45, 2.75) is 101 Å². The molecule has 3 aliphatic rings. The molecule has 0 unspecified atom stereocenters. The summed E-state index contributed by atoms with van der Waals surface area (Å²) in [6.07, 6.45) is 7.66. The largest absolute Gasteiger partial charge is 0.489 e. The Hall–Kier alpha value is -2.39. The van der Waals surface area contributed by atoms with Crippen LogP contribution in [0.1, 0.15) is 82.3 Å². The van der Waals surface area contributed by atoms with E-state index in [9.17, 15) is 19.1 Å². The molecule has 43 heavy (non-hydrogen) atoms. The number of ether oxygens (including phenoxy) is 1. The molecule has 2 amide bonds. The van der Waals surface area contributed by atoms with E-state index in [0.717, 1.165) is 44.2 Å². The second-order valence-electron chi connectivity index (χ2n) is 12.3. The lowest BCUT2D eigenvalue weighted by molar-refractivity contribution is -0.163. The van der Waals surface area contributed by atoms with Crippen LogP contribution in [0.3, 0.4) is 0 Å². The Kier molecular flexibility index (Phi) is 11.4. The summed E-state index contributed by atoms with van der Waals surface area (Å²) >= 11 is 6.10. The van der Waals surface area contributed by atoms with Crippen LogP contribution >= 0.6 is 24.0 Å². The molecule has 2 heterocycles. The number of halogens is 3. The number of nitrogens with one attached hydrogen (secondary N) is 1. The fourth-order valence-electron chi connectivity index (χ4n) is 6.80. The van der Waals surface area contributed by atoms with Crippen molar-refractivity contribution in [3.8, 4) is 5.75 Å². The first kappa shape index (κ1) is 33.5. The fourth-order valence-corrected chi connectivity index (χ4v) is 7.02. The Balaban J connectivity index is 0.00000423. The summed E-state index contributed by atoms with van der Waals surface area (Å²) in [5.74, 6) is 0.134. The molecule has 2 saturated heterocycles. The molecule has 3 fully saturated rings. The number of aliphatic hydroxyl groups is 1. The molecule has 2 aromatic rings. The summed E-state index contributed by atoms with van der Waals surface area (Å²) in [5, 5.41) is 14.5. The van der Waals surface area contributed by atoms with E-state index in [2.05, 4.69) is 17.1 Å². The molecule has 5 rings (SSSR count). The number of amides is 2. The maximum absolute atomic E-state index is 14.0. The highest BCUT2D eigenvalue weighted by Gasteiger charge is 2.54. The SMILES string of the molecule is CCCCN1C(=O)[C@@H](CC2(O)CCCCC2)NC(=O)C12CCN(Cc1ccc(OCc3c(F)cccc3Cl)cc1)CC2.Cl. The number of piperazine rings is 1. The van der Waals surface area contributed by atoms with Gasteiger partial charge in [0.05, 0.1) is 10.6 Å². The van der Waals surface area contributed by atoms with E-state index in [0.29, 0.717) is 68.1 Å². The molecule has 10 heteroatoms. The molecule has 1 atom stereocenters. The molecular formula is C33H44Cl2FN3O4. The number of hydrogen-bond donors (Lipinski definition) is 2. The van der Waals surface area contributed by atoms with Crippen LogP contribution in [0.5, 0.6) is 5.75 Å². The normalized spacial score (nSPS) is 21.8. The van der Waals surface area contributed by atoms with E-state index in [1.54, 1.807) is 12.1 Å².